The second kappa shape index (κ2) is 8.52. The van der Waals surface area contributed by atoms with Crippen LogP contribution in [0.1, 0.15) is 15.9 Å². The fourth-order valence-electron chi connectivity index (χ4n) is 1.80. The van der Waals surface area contributed by atoms with E-state index in [9.17, 15) is 9.59 Å². The fraction of sp³-hybridized carbons (Fsp3) is 0.111. The van der Waals surface area contributed by atoms with E-state index in [-0.39, 0.29) is 12.4 Å². The zero-order chi connectivity index (χ0) is 17.5. The van der Waals surface area contributed by atoms with Gasteiger partial charge in [0.2, 0.25) is 0 Å². The number of rotatable bonds is 6. The third-order valence-corrected chi connectivity index (χ3v) is 3.83. The van der Waals surface area contributed by atoms with Crippen LogP contribution >= 0.6 is 23.2 Å². The quantitative estimate of drug-likeness (QED) is 0.431. The van der Waals surface area contributed by atoms with E-state index in [2.05, 4.69) is 4.74 Å². The van der Waals surface area contributed by atoms with Crippen LogP contribution in [-0.2, 0) is 9.53 Å². The number of carbonyl (C=O) groups is 2. The van der Waals surface area contributed by atoms with Crippen LogP contribution in [-0.4, -0.2) is 25.5 Å². The summed E-state index contributed by atoms with van der Waals surface area (Å²) in [7, 11) is 1.29. The molecule has 124 valence electrons. The van der Waals surface area contributed by atoms with E-state index in [1.807, 2.05) is 0 Å². The maximum atomic E-state index is 12.1. The molecule has 0 atom stereocenters. The topological polar surface area (TPSA) is 52.6 Å². The zero-order valence-electron chi connectivity index (χ0n) is 12.8. The van der Waals surface area contributed by atoms with Gasteiger partial charge in [0.1, 0.15) is 5.75 Å². The Morgan fingerprint density at radius 3 is 2.38 bits per heavy atom. The molecule has 0 heterocycles. The molecule has 0 saturated heterocycles. The first-order chi connectivity index (χ1) is 11.5. The highest BCUT2D eigenvalue weighted by Gasteiger charge is 2.05. The summed E-state index contributed by atoms with van der Waals surface area (Å²) in [4.78, 5) is 23.1. The van der Waals surface area contributed by atoms with E-state index in [1.54, 1.807) is 48.5 Å². The Labute approximate surface area is 149 Å². The lowest BCUT2D eigenvalue weighted by Gasteiger charge is -2.05. The minimum absolute atomic E-state index is 0.166. The first-order valence-corrected chi connectivity index (χ1v) is 7.72. The molecule has 0 fully saturated rings. The number of allylic oxidation sites excluding steroid dienone is 1. The Balaban J connectivity index is 2.00. The number of ether oxygens (including phenoxy) is 2. The lowest BCUT2D eigenvalue weighted by Crippen LogP contribution is -2.12. The third kappa shape index (κ3) is 5.11. The molecule has 24 heavy (non-hydrogen) atoms. The molecule has 0 aromatic heterocycles. The lowest BCUT2D eigenvalue weighted by molar-refractivity contribution is -0.142. The monoisotopic (exact) mass is 364 g/mol. The number of methoxy groups -OCH3 is 1. The smallest absolute Gasteiger partial charge is 0.343 e. The van der Waals surface area contributed by atoms with E-state index in [4.69, 9.17) is 27.9 Å². The minimum atomic E-state index is -0.472. The predicted molar refractivity (Wildman–Crippen MR) is 93.8 cm³/mol. The molecule has 0 unspecified atom stereocenters. The number of hydrogen-bond donors (Lipinski definition) is 0. The maximum Gasteiger partial charge on any atom is 0.343 e. The number of ketones is 1. The van der Waals surface area contributed by atoms with Crippen LogP contribution in [0, 0.1) is 0 Å². The molecule has 0 saturated carbocycles. The van der Waals surface area contributed by atoms with Gasteiger partial charge in [-0.05, 0) is 48.0 Å². The molecule has 0 radical (unpaired) electrons. The second-order valence-electron chi connectivity index (χ2n) is 4.76. The zero-order valence-corrected chi connectivity index (χ0v) is 14.3. The van der Waals surface area contributed by atoms with Crippen molar-refractivity contribution in [1.29, 1.82) is 0 Å². The van der Waals surface area contributed by atoms with Gasteiger partial charge in [0.05, 0.1) is 17.2 Å². The summed E-state index contributed by atoms with van der Waals surface area (Å²) in [6.45, 7) is -0.180. The Morgan fingerprint density at radius 1 is 1.04 bits per heavy atom. The standard InChI is InChI=1S/C18H14Cl2O4/c1-23-18(22)11-24-14-6-4-13(5-7-14)17(21)9-3-12-2-8-15(19)16(20)10-12/h2-10H,11H2,1H3. The summed E-state index contributed by atoms with van der Waals surface area (Å²) in [5, 5.41) is 0.890. The third-order valence-electron chi connectivity index (χ3n) is 3.09. The Bertz CT molecular complexity index is 767. The van der Waals surface area contributed by atoms with Gasteiger partial charge in [-0.25, -0.2) is 4.79 Å². The van der Waals surface area contributed by atoms with Gasteiger partial charge in [-0.15, -0.1) is 0 Å². The summed E-state index contributed by atoms with van der Waals surface area (Å²) < 4.78 is 9.69. The highest BCUT2D eigenvalue weighted by Crippen LogP contribution is 2.23. The first kappa shape index (κ1) is 18.0. The van der Waals surface area contributed by atoms with Crippen molar-refractivity contribution in [2.24, 2.45) is 0 Å². The largest absolute Gasteiger partial charge is 0.482 e. The highest BCUT2D eigenvalue weighted by molar-refractivity contribution is 6.42. The first-order valence-electron chi connectivity index (χ1n) is 6.97. The van der Waals surface area contributed by atoms with Gasteiger partial charge in [-0.1, -0.05) is 35.3 Å². The van der Waals surface area contributed by atoms with Gasteiger partial charge in [0.15, 0.2) is 12.4 Å². The van der Waals surface area contributed by atoms with Crippen LogP contribution < -0.4 is 4.74 Å². The van der Waals surface area contributed by atoms with Crippen LogP contribution in [0.2, 0.25) is 10.0 Å². The van der Waals surface area contributed by atoms with Crippen LogP contribution in [0.4, 0.5) is 0 Å². The molecule has 0 aliphatic rings. The van der Waals surface area contributed by atoms with Crippen LogP contribution in [0.3, 0.4) is 0 Å². The predicted octanol–water partition coefficient (Wildman–Crippen LogP) is 4.44. The average Bonchev–Trinajstić information content (AvgIpc) is 2.60. The van der Waals surface area contributed by atoms with Crippen molar-refractivity contribution < 1.29 is 19.1 Å². The number of benzene rings is 2. The number of halogens is 2. The molecule has 0 amide bonds. The van der Waals surface area contributed by atoms with E-state index in [0.29, 0.717) is 21.4 Å². The van der Waals surface area contributed by atoms with Gasteiger partial charge >= 0.3 is 5.97 Å². The number of hydrogen-bond acceptors (Lipinski definition) is 4. The van der Waals surface area contributed by atoms with Crippen LogP contribution in [0.5, 0.6) is 5.75 Å². The van der Waals surface area contributed by atoms with E-state index in [0.717, 1.165) is 5.56 Å². The molecule has 4 nitrogen and oxygen atoms in total. The maximum absolute atomic E-state index is 12.1. The molecule has 2 rings (SSSR count). The summed E-state index contributed by atoms with van der Waals surface area (Å²) in [5.74, 6) is -0.161. The van der Waals surface area contributed by atoms with Crippen molar-refractivity contribution in [1.82, 2.24) is 0 Å². The van der Waals surface area contributed by atoms with Crippen molar-refractivity contribution in [3.63, 3.8) is 0 Å². The molecule has 0 N–H and O–H groups in total. The normalized spacial score (nSPS) is 10.6. The Hall–Kier alpha value is -2.30. The summed E-state index contributed by atoms with van der Waals surface area (Å²) in [6.07, 6.45) is 3.11. The fourth-order valence-corrected chi connectivity index (χ4v) is 2.11. The van der Waals surface area contributed by atoms with E-state index < -0.39 is 5.97 Å². The van der Waals surface area contributed by atoms with Crippen molar-refractivity contribution in [2.75, 3.05) is 13.7 Å². The summed E-state index contributed by atoms with van der Waals surface area (Å²) >= 11 is 11.8. The Kier molecular flexibility index (Phi) is 6.41. The van der Waals surface area contributed by atoms with Gasteiger partial charge in [0.25, 0.3) is 0 Å². The van der Waals surface area contributed by atoms with Crippen molar-refractivity contribution in [3.05, 3.63) is 69.7 Å². The molecule has 0 bridgehead atoms. The number of carbonyl (C=O) groups excluding carboxylic acids is 2. The molecule has 0 spiro atoms. The molecule has 6 heteroatoms. The molecule has 0 aliphatic heterocycles. The number of esters is 1. The van der Waals surface area contributed by atoms with E-state index >= 15 is 0 Å². The molecular weight excluding hydrogens is 351 g/mol. The SMILES string of the molecule is COC(=O)COc1ccc(C(=O)C=Cc2ccc(Cl)c(Cl)c2)cc1. The molecular formula is C18H14Cl2O4. The molecule has 2 aromatic rings. The van der Waals surface area contributed by atoms with Gasteiger partial charge < -0.3 is 9.47 Å². The summed E-state index contributed by atoms with van der Waals surface area (Å²) in [6, 6.07) is 11.6. The average molecular weight is 365 g/mol. The lowest BCUT2D eigenvalue weighted by atomic mass is 10.1. The summed E-state index contributed by atoms with van der Waals surface area (Å²) in [5.41, 5.74) is 1.27. The van der Waals surface area contributed by atoms with Crippen molar-refractivity contribution >= 4 is 41.0 Å². The van der Waals surface area contributed by atoms with Gasteiger partial charge in [-0.3, -0.25) is 4.79 Å². The van der Waals surface area contributed by atoms with Crippen LogP contribution in [0.25, 0.3) is 6.08 Å². The van der Waals surface area contributed by atoms with Gasteiger partial charge in [0, 0.05) is 5.56 Å². The van der Waals surface area contributed by atoms with E-state index in [1.165, 1.54) is 13.2 Å². The van der Waals surface area contributed by atoms with Crippen LogP contribution in [0.15, 0.2) is 48.5 Å². The highest BCUT2D eigenvalue weighted by atomic mass is 35.5. The van der Waals surface area contributed by atoms with Crippen molar-refractivity contribution in [2.45, 2.75) is 0 Å². The van der Waals surface area contributed by atoms with Crippen molar-refractivity contribution in [3.8, 4) is 5.75 Å². The minimum Gasteiger partial charge on any atom is -0.482 e. The molecule has 0 aliphatic carbocycles. The Morgan fingerprint density at radius 2 is 1.75 bits per heavy atom. The molecule has 2 aromatic carbocycles. The van der Waals surface area contributed by atoms with Gasteiger partial charge in [-0.2, -0.15) is 0 Å². The second-order valence-corrected chi connectivity index (χ2v) is 5.57.